The van der Waals surface area contributed by atoms with Crippen LogP contribution in [0, 0.1) is 18.3 Å². The summed E-state index contributed by atoms with van der Waals surface area (Å²) in [4.78, 5) is 36.8. The average Bonchev–Trinajstić information content (AvgIpc) is 3.43. The van der Waals surface area contributed by atoms with Crippen LogP contribution in [0.15, 0.2) is 71.3 Å². The van der Waals surface area contributed by atoms with Gasteiger partial charge in [0.05, 0.1) is 26.0 Å². The Morgan fingerprint density at radius 1 is 0.978 bits per heavy atom. The highest BCUT2D eigenvalue weighted by molar-refractivity contribution is 6.01. The molecule has 3 aliphatic rings. The lowest BCUT2D eigenvalue weighted by Crippen LogP contribution is -2.59. The Labute approximate surface area is 271 Å². The van der Waals surface area contributed by atoms with Gasteiger partial charge in [-0.2, -0.15) is 0 Å². The number of benzene rings is 2. The highest BCUT2D eigenvalue weighted by Gasteiger charge is 2.60. The highest BCUT2D eigenvalue weighted by atomic mass is 16.5. The van der Waals surface area contributed by atoms with E-state index in [4.69, 9.17) is 9.15 Å². The number of anilines is 2. The van der Waals surface area contributed by atoms with Crippen LogP contribution in [0.5, 0.6) is 0 Å². The first kappa shape index (κ1) is 30.6. The SMILES string of the molecule is Cc1[nH]c2ccccc2c1[C@@H]1[C@H](CC(=O)N(Cc2ccco2)C2(C(=O)Nc3ccc(N4CCOCC4)cc3)CCCCC2)C1(C)C. The third kappa shape index (κ3) is 5.61. The number of hydrogen-bond acceptors (Lipinski definition) is 5. The van der Waals surface area contributed by atoms with Crippen LogP contribution in [-0.2, 0) is 20.9 Å². The van der Waals surface area contributed by atoms with Gasteiger partial charge in [0.1, 0.15) is 11.3 Å². The summed E-state index contributed by atoms with van der Waals surface area (Å²) in [6, 6.07) is 20.2. The van der Waals surface area contributed by atoms with Crippen LogP contribution in [0.3, 0.4) is 0 Å². The molecule has 0 bridgehead atoms. The van der Waals surface area contributed by atoms with E-state index in [1.54, 1.807) is 6.26 Å². The van der Waals surface area contributed by atoms with Gasteiger partial charge in [-0.25, -0.2) is 0 Å². The second-order valence-electron chi connectivity index (χ2n) is 14.1. The van der Waals surface area contributed by atoms with Gasteiger partial charge in [0, 0.05) is 47.5 Å². The summed E-state index contributed by atoms with van der Waals surface area (Å²) < 4.78 is 11.3. The first-order chi connectivity index (χ1) is 22.3. The summed E-state index contributed by atoms with van der Waals surface area (Å²) in [6.45, 7) is 10.1. The molecule has 2 saturated carbocycles. The van der Waals surface area contributed by atoms with Crippen molar-refractivity contribution in [1.29, 1.82) is 0 Å². The van der Waals surface area contributed by atoms with Crippen molar-refractivity contribution >= 4 is 34.1 Å². The molecule has 0 unspecified atom stereocenters. The molecular formula is C38H46N4O4. The summed E-state index contributed by atoms with van der Waals surface area (Å²) in [5, 5.41) is 4.47. The molecule has 8 heteroatoms. The number of aromatic amines is 1. The lowest BCUT2D eigenvalue weighted by Gasteiger charge is -2.45. The second kappa shape index (κ2) is 12.3. The van der Waals surface area contributed by atoms with Gasteiger partial charge in [0.2, 0.25) is 11.8 Å². The topological polar surface area (TPSA) is 90.8 Å². The summed E-state index contributed by atoms with van der Waals surface area (Å²) in [5.74, 6) is 1.05. The van der Waals surface area contributed by atoms with Gasteiger partial charge in [0.15, 0.2) is 0 Å². The Kier molecular flexibility index (Phi) is 8.17. The summed E-state index contributed by atoms with van der Waals surface area (Å²) >= 11 is 0. The van der Waals surface area contributed by atoms with Gasteiger partial charge in [0.25, 0.3) is 0 Å². The Hall–Kier alpha value is -4.04. The lowest BCUT2D eigenvalue weighted by molar-refractivity contribution is -0.149. The number of aromatic nitrogens is 1. The molecule has 242 valence electrons. The van der Waals surface area contributed by atoms with Crippen molar-refractivity contribution in [2.45, 2.75) is 77.3 Å². The van der Waals surface area contributed by atoms with E-state index in [0.717, 1.165) is 62.5 Å². The predicted octanol–water partition coefficient (Wildman–Crippen LogP) is 7.41. The van der Waals surface area contributed by atoms with Crippen molar-refractivity contribution in [3.05, 3.63) is 83.9 Å². The minimum atomic E-state index is -0.948. The standard InChI is InChI=1S/C38H46N4O4/c1-26-34(30-11-5-6-12-32(30)39-26)35-31(37(35,2)3)24-33(43)42(25-29-10-9-21-46-29)38(17-7-4-8-18-38)36(44)40-27-13-15-28(16-14-27)41-19-22-45-23-20-41/h5-6,9-16,21,31,35,39H,4,7-8,17-20,22-25H2,1-3H3,(H,40,44)/t31-,35-/m0/s1. The fourth-order valence-electron chi connectivity index (χ4n) is 8.31. The van der Waals surface area contributed by atoms with E-state index < -0.39 is 5.54 Å². The molecule has 46 heavy (non-hydrogen) atoms. The van der Waals surface area contributed by atoms with Crippen molar-refractivity contribution < 1.29 is 18.7 Å². The highest BCUT2D eigenvalue weighted by Crippen LogP contribution is 2.67. The fourth-order valence-corrected chi connectivity index (χ4v) is 8.31. The van der Waals surface area contributed by atoms with E-state index in [0.29, 0.717) is 25.0 Å². The van der Waals surface area contributed by atoms with Crippen LogP contribution in [0.4, 0.5) is 11.4 Å². The number of para-hydroxylation sites is 1. The largest absolute Gasteiger partial charge is 0.467 e. The minimum absolute atomic E-state index is 0.0224. The number of rotatable bonds is 9. The number of furan rings is 1. The van der Waals surface area contributed by atoms with Gasteiger partial charge in [-0.15, -0.1) is 0 Å². The maximum absolute atomic E-state index is 14.6. The zero-order valence-corrected chi connectivity index (χ0v) is 27.3. The first-order valence-corrected chi connectivity index (χ1v) is 16.9. The molecule has 2 aromatic heterocycles. The van der Waals surface area contributed by atoms with E-state index in [1.165, 1.54) is 16.6 Å². The molecule has 0 spiro atoms. The zero-order chi connectivity index (χ0) is 31.9. The van der Waals surface area contributed by atoms with E-state index >= 15 is 0 Å². The first-order valence-electron chi connectivity index (χ1n) is 16.9. The number of amides is 2. The Morgan fingerprint density at radius 2 is 1.72 bits per heavy atom. The number of fused-ring (bicyclic) bond motifs is 1. The zero-order valence-electron chi connectivity index (χ0n) is 27.3. The summed E-state index contributed by atoms with van der Waals surface area (Å²) in [6.07, 6.45) is 6.16. The Balaban J connectivity index is 1.16. The molecule has 3 heterocycles. The maximum Gasteiger partial charge on any atom is 0.250 e. The molecule has 1 saturated heterocycles. The van der Waals surface area contributed by atoms with Gasteiger partial charge in [-0.3, -0.25) is 9.59 Å². The third-order valence-corrected chi connectivity index (χ3v) is 11.0. The molecule has 7 rings (SSSR count). The number of carbonyl (C=O) groups excluding carboxylic acids is 2. The average molecular weight is 623 g/mol. The summed E-state index contributed by atoms with van der Waals surface area (Å²) in [7, 11) is 0. The Bertz CT molecular complexity index is 1680. The normalized spacial score (nSPS) is 22.0. The molecule has 2 aromatic carbocycles. The lowest BCUT2D eigenvalue weighted by atomic mass is 9.78. The number of nitrogens with one attached hydrogen (secondary N) is 2. The maximum atomic E-state index is 14.6. The second-order valence-corrected chi connectivity index (χ2v) is 14.1. The quantitative estimate of drug-likeness (QED) is 0.203. The monoisotopic (exact) mass is 622 g/mol. The van der Waals surface area contributed by atoms with Crippen LogP contribution in [0.1, 0.15) is 75.3 Å². The van der Waals surface area contributed by atoms with Crippen molar-refractivity contribution in [2.24, 2.45) is 11.3 Å². The van der Waals surface area contributed by atoms with E-state index in [1.807, 2.05) is 29.2 Å². The molecule has 2 N–H and O–H groups in total. The van der Waals surface area contributed by atoms with E-state index in [-0.39, 0.29) is 35.6 Å². The smallest absolute Gasteiger partial charge is 0.250 e. The molecule has 1 aliphatic heterocycles. The van der Waals surface area contributed by atoms with Gasteiger partial charge >= 0.3 is 0 Å². The molecule has 3 fully saturated rings. The number of ether oxygens (including phenoxy) is 1. The van der Waals surface area contributed by atoms with Gasteiger partial charge in [-0.1, -0.05) is 51.3 Å². The van der Waals surface area contributed by atoms with Crippen LogP contribution in [0.25, 0.3) is 10.9 Å². The molecule has 4 aromatic rings. The van der Waals surface area contributed by atoms with Crippen LogP contribution < -0.4 is 10.2 Å². The molecule has 2 aliphatic carbocycles. The molecule has 8 nitrogen and oxygen atoms in total. The number of carbonyl (C=O) groups is 2. The van der Waals surface area contributed by atoms with Crippen molar-refractivity contribution in [3.63, 3.8) is 0 Å². The van der Waals surface area contributed by atoms with Crippen LogP contribution in [-0.4, -0.2) is 53.5 Å². The van der Waals surface area contributed by atoms with Crippen molar-refractivity contribution in [2.75, 3.05) is 36.5 Å². The molecule has 2 amide bonds. The van der Waals surface area contributed by atoms with Crippen LogP contribution in [0.2, 0.25) is 0 Å². The number of morpholine rings is 1. The van der Waals surface area contributed by atoms with Crippen LogP contribution >= 0.6 is 0 Å². The van der Waals surface area contributed by atoms with E-state index in [9.17, 15) is 9.59 Å². The van der Waals surface area contributed by atoms with Gasteiger partial charge < -0.3 is 29.3 Å². The van der Waals surface area contributed by atoms with Crippen molar-refractivity contribution in [1.82, 2.24) is 9.88 Å². The summed E-state index contributed by atoms with van der Waals surface area (Å²) in [5.41, 5.74) is 4.51. The van der Waals surface area contributed by atoms with E-state index in [2.05, 4.69) is 72.4 Å². The number of hydrogen-bond donors (Lipinski definition) is 2. The van der Waals surface area contributed by atoms with Gasteiger partial charge in [-0.05, 0) is 85.0 Å². The number of aryl methyl sites for hydroxylation is 1. The number of H-pyrrole nitrogens is 1. The molecule has 0 radical (unpaired) electrons. The predicted molar refractivity (Wildman–Crippen MR) is 181 cm³/mol. The minimum Gasteiger partial charge on any atom is -0.467 e. The Morgan fingerprint density at radius 3 is 2.43 bits per heavy atom. The third-order valence-electron chi connectivity index (χ3n) is 11.0. The van der Waals surface area contributed by atoms with Crippen molar-refractivity contribution in [3.8, 4) is 0 Å². The molecule has 2 atom stereocenters. The number of nitrogens with zero attached hydrogens (tertiary/aromatic N) is 2. The molecular weight excluding hydrogens is 576 g/mol. The fraction of sp³-hybridized carbons (Fsp3) is 0.474.